The van der Waals surface area contributed by atoms with Crippen LogP contribution in [0.2, 0.25) is 0 Å². The quantitative estimate of drug-likeness (QED) is 0.115. The van der Waals surface area contributed by atoms with Gasteiger partial charge in [0.2, 0.25) is 0 Å². The molecule has 8 aromatic carbocycles. The Morgan fingerprint density at radius 2 is 0.567 bits per heavy atom. The van der Waals surface area contributed by atoms with E-state index in [1.807, 2.05) is 0 Å². The van der Waals surface area contributed by atoms with Crippen LogP contribution >= 0.6 is 0 Å². The van der Waals surface area contributed by atoms with Crippen molar-refractivity contribution in [3.05, 3.63) is 272 Å². The normalized spacial score (nSPS) is 11.2. The van der Waals surface area contributed by atoms with E-state index in [0.717, 1.165) is 0 Å². The summed E-state index contributed by atoms with van der Waals surface area (Å²) in [4.78, 5) is 0. The fourth-order valence-electron chi connectivity index (χ4n) is 7.87. The average Bonchev–Trinajstić information content (AvgIpc) is 3.29. The fraction of sp³-hybridized carbons (Fsp3) is 0.0667. The lowest BCUT2D eigenvalue weighted by molar-refractivity contribution is 1.33. The molecule has 0 atom stereocenters. The van der Waals surface area contributed by atoms with Gasteiger partial charge in [-0.1, -0.05) is 218 Å². The zero-order chi connectivity index (χ0) is 41.3. The van der Waals surface area contributed by atoms with Gasteiger partial charge < -0.3 is 0 Å². The first-order valence-electron chi connectivity index (χ1n) is 20.8. The molecule has 0 radical (unpaired) electrons. The zero-order valence-corrected chi connectivity index (χ0v) is 34.9. The highest BCUT2D eigenvalue weighted by molar-refractivity contribution is 5.92. The van der Waals surface area contributed by atoms with Crippen molar-refractivity contribution >= 4 is 47.6 Å². The van der Waals surface area contributed by atoms with Crippen molar-refractivity contribution in [1.29, 1.82) is 0 Å². The molecule has 0 saturated heterocycles. The van der Waals surface area contributed by atoms with Crippen molar-refractivity contribution in [2.45, 2.75) is 27.7 Å². The minimum atomic E-state index is 1.18. The second kappa shape index (κ2) is 18.5. The number of aryl methyl sites for hydroxylation is 4. The van der Waals surface area contributed by atoms with E-state index in [9.17, 15) is 0 Å². The lowest BCUT2D eigenvalue weighted by Gasteiger charge is -2.15. The molecule has 60 heavy (non-hydrogen) atoms. The van der Waals surface area contributed by atoms with Gasteiger partial charge in [0.1, 0.15) is 0 Å². The molecule has 0 unspecified atom stereocenters. The molecule has 0 saturated carbocycles. The van der Waals surface area contributed by atoms with E-state index < -0.39 is 0 Å². The minimum Gasteiger partial charge on any atom is -0.0622 e. The van der Waals surface area contributed by atoms with Crippen LogP contribution in [-0.2, 0) is 0 Å². The summed E-state index contributed by atoms with van der Waals surface area (Å²) in [5.41, 5.74) is 22.1. The number of hydrogen-bond donors (Lipinski definition) is 0. The molecule has 0 heteroatoms. The maximum atomic E-state index is 2.35. The molecule has 0 heterocycles. The topological polar surface area (TPSA) is 0 Å². The Bertz CT molecular complexity index is 2530. The van der Waals surface area contributed by atoms with Gasteiger partial charge in [0.15, 0.2) is 0 Å². The van der Waals surface area contributed by atoms with Crippen LogP contribution in [0, 0.1) is 27.7 Å². The highest BCUT2D eigenvalue weighted by atomic mass is 14.2. The number of rotatable bonds is 11. The molecule has 0 aromatic heterocycles. The Morgan fingerprint density at radius 1 is 0.283 bits per heavy atom. The summed E-state index contributed by atoms with van der Waals surface area (Å²) in [6.07, 6.45) is 13.5. The first kappa shape index (κ1) is 39.5. The molecule has 8 rings (SSSR count). The van der Waals surface area contributed by atoms with E-state index in [1.54, 1.807) is 0 Å². The van der Waals surface area contributed by atoms with Crippen molar-refractivity contribution in [2.75, 3.05) is 0 Å². The molecule has 0 aliphatic carbocycles. The van der Waals surface area contributed by atoms with Crippen LogP contribution in [0.4, 0.5) is 0 Å². The second-order valence-corrected chi connectivity index (χ2v) is 15.6. The van der Waals surface area contributed by atoms with E-state index in [0.29, 0.717) is 0 Å². The summed E-state index contributed by atoms with van der Waals surface area (Å²) in [5.74, 6) is 0. The Labute approximate surface area is 356 Å². The van der Waals surface area contributed by atoms with Gasteiger partial charge >= 0.3 is 0 Å². The third kappa shape index (κ3) is 9.53. The van der Waals surface area contributed by atoms with Crippen LogP contribution in [-0.4, -0.2) is 0 Å². The molecule has 8 aromatic rings. The summed E-state index contributed by atoms with van der Waals surface area (Å²) in [7, 11) is 0. The van der Waals surface area contributed by atoms with Crippen LogP contribution in [0.5, 0.6) is 0 Å². The number of benzene rings is 8. The molecule has 290 valence electrons. The smallest absolute Gasteiger partial charge is 0.0105 e. The predicted molar refractivity (Wildman–Crippen MR) is 261 cm³/mol. The summed E-state index contributed by atoms with van der Waals surface area (Å²) in [5, 5.41) is 0. The fourth-order valence-corrected chi connectivity index (χ4v) is 7.87. The highest BCUT2D eigenvalue weighted by Gasteiger charge is 2.11. The van der Waals surface area contributed by atoms with Gasteiger partial charge in [0.25, 0.3) is 0 Å². The SMILES string of the molecule is Cc1cc(-c2cc(C)c(/C=C/c3ccc(C=C(c4ccccc4)c4ccccc4)cc3)cc2C)c(C)cc1/C=C/c1ccc(C=C(c2ccccc2)c2ccccc2)cc1. The molecule has 0 amide bonds. The van der Waals surface area contributed by atoms with E-state index in [2.05, 4.69) is 258 Å². The van der Waals surface area contributed by atoms with E-state index >= 15 is 0 Å². The molecular formula is C60H50. The molecule has 0 N–H and O–H groups in total. The van der Waals surface area contributed by atoms with Gasteiger partial charge in [-0.3, -0.25) is 0 Å². The van der Waals surface area contributed by atoms with Crippen LogP contribution in [0.1, 0.15) is 77.9 Å². The first-order chi connectivity index (χ1) is 29.4. The Balaban J connectivity index is 0.967. The zero-order valence-electron chi connectivity index (χ0n) is 34.9. The maximum Gasteiger partial charge on any atom is -0.0105 e. The highest BCUT2D eigenvalue weighted by Crippen LogP contribution is 2.33. The third-order valence-corrected chi connectivity index (χ3v) is 11.3. The molecular weight excluding hydrogens is 721 g/mol. The summed E-state index contributed by atoms with van der Waals surface area (Å²) in [6, 6.07) is 69.5. The summed E-state index contributed by atoms with van der Waals surface area (Å²) < 4.78 is 0. The molecule has 0 bridgehead atoms. The average molecular weight is 771 g/mol. The van der Waals surface area contributed by atoms with Gasteiger partial charge in [-0.2, -0.15) is 0 Å². The van der Waals surface area contributed by atoms with E-state index in [1.165, 1.54) is 100 Å². The predicted octanol–water partition coefficient (Wildman–Crippen LogP) is 16.1. The lowest BCUT2D eigenvalue weighted by Crippen LogP contribution is -1.94. The Morgan fingerprint density at radius 3 is 0.867 bits per heavy atom. The largest absolute Gasteiger partial charge is 0.0622 e. The van der Waals surface area contributed by atoms with Gasteiger partial charge in [-0.15, -0.1) is 0 Å². The minimum absolute atomic E-state index is 1.18. The molecule has 0 fully saturated rings. The van der Waals surface area contributed by atoms with Gasteiger partial charge in [-0.05, 0) is 140 Å². The third-order valence-electron chi connectivity index (χ3n) is 11.3. The lowest BCUT2D eigenvalue weighted by atomic mass is 9.89. The molecule has 0 spiro atoms. The standard InChI is InChI=1S/C60H50/c1-43-39-57(45(3)37-55(43)35-33-47-25-29-49(30-26-47)41-59(51-17-9-5-10-18-51)52-19-11-6-12-20-52)58-40-44(2)56(38-46(58)4)36-34-48-27-31-50(32-28-48)42-60(53-21-13-7-14-22-53)54-23-15-8-16-24-54/h5-42H,1-4H3/b35-33+,36-34+. The van der Waals surface area contributed by atoms with Crippen molar-refractivity contribution in [3.8, 4) is 11.1 Å². The van der Waals surface area contributed by atoms with Crippen LogP contribution in [0.15, 0.2) is 194 Å². The van der Waals surface area contributed by atoms with Gasteiger partial charge in [-0.25, -0.2) is 0 Å². The monoisotopic (exact) mass is 770 g/mol. The van der Waals surface area contributed by atoms with Gasteiger partial charge in [0, 0.05) is 0 Å². The van der Waals surface area contributed by atoms with Crippen molar-refractivity contribution in [3.63, 3.8) is 0 Å². The van der Waals surface area contributed by atoms with Crippen molar-refractivity contribution in [1.82, 2.24) is 0 Å². The van der Waals surface area contributed by atoms with E-state index in [-0.39, 0.29) is 0 Å². The summed E-state index contributed by atoms with van der Waals surface area (Å²) >= 11 is 0. The van der Waals surface area contributed by atoms with Gasteiger partial charge in [0.05, 0.1) is 0 Å². The van der Waals surface area contributed by atoms with Crippen molar-refractivity contribution in [2.24, 2.45) is 0 Å². The first-order valence-corrected chi connectivity index (χ1v) is 20.8. The molecule has 0 aliphatic rings. The van der Waals surface area contributed by atoms with Crippen LogP contribution in [0.3, 0.4) is 0 Å². The molecule has 0 nitrogen and oxygen atoms in total. The van der Waals surface area contributed by atoms with Crippen LogP contribution < -0.4 is 0 Å². The second-order valence-electron chi connectivity index (χ2n) is 15.6. The summed E-state index contributed by atoms with van der Waals surface area (Å²) in [6.45, 7) is 8.90. The Kier molecular flexibility index (Phi) is 12.2. The maximum absolute atomic E-state index is 2.35. The van der Waals surface area contributed by atoms with Crippen LogP contribution in [0.25, 0.3) is 58.7 Å². The Hall–Kier alpha value is -7.28. The van der Waals surface area contributed by atoms with E-state index in [4.69, 9.17) is 0 Å². The molecule has 0 aliphatic heterocycles. The van der Waals surface area contributed by atoms with Crippen molar-refractivity contribution < 1.29 is 0 Å². The number of hydrogen-bond acceptors (Lipinski definition) is 0.